The van der Waals surface area contributed by atoms with Crippen molar-refractivity contribution in [1.82, 2.24) is 4.90 Å². The zero-order chi connectivity index (χ0) is 13.0. The fraction of sp³-hybridized carbons (Fsp3) is 0.462. The molecule has 1 unspecified atom stereocenters. The van der Waals surface area contributed by atoms with Gasteiger partial charge in [0.25, 0.3) is 0 Å². The zero-order valence-electron chi connectivity index (χ0n) is 10.1. The van der Waals surface area contributed by atoms with Crippen molar-refractivity contribution in [2.24, 2.45) is 5.73 Å². The maximum Gasteiger partial charge on any atom is 0.404 e. The topological polar surface area (TPSA) is 55.6 Å². The summed E-state index contributed by atoms with van der Waals surface area (Å²) in [6.07, 6.45) is 1.14. The summed E-state index contributed by atoms with van der Waals surface area (Å²) in [7, 11) is 0. The number of carbonyl (C=O) groups is 1. The Morgan fingerprint density at radius 1 is 1.44 bits per heavy atom. The molecule has 4 nitrogen and oxygen atoms in total. The van der Waals surface area contributed by atoms with Gasteiger partial charge in [-0.1, -0.05) is 23.7 Å². The number of ether oxygens (including phenoxy) is 1. The lowest BCUT2D eigenvalue weighted by molar-refractivity contribution is 0.0447. The van der Waals surface area contributed by atoms with Gasteiger partial charge in [-0.25, -0.2) is 4.79 Å². The van der Waals surface area contributed by atoms with Crippen molar-refractivity contribution in [3.8, 4) is 0 Å². The Hall–Kier alpha value is -1.26. The Bertz CT molecular complexity index is 408. The van der Waals surface area contributed by atoms with E-state index in [-0.39, 0.29) is 6.10 Å². The lowest BCUT2D eigenvalue weighted by Gasteiger charge is -2.31. The number of amides is 1. The standard InChI is InChI=1S/C13H17ClN2O2/c14-11-5-3-10(4-6-11)8-16-7-1-2-12(9-16)18-13(15)17/h3-6,12H,1-2,7-9H2,(H2,15,17). The summed E-state index contributed by atoms with van der Waals surface area (Å²) >= 11 is 5.85. The van der Waals surface area contributed by atoms with E-state index in [0.717, 1.165) is 37.5 Å². The number of carbonyl (C=O) groups excluding carboxylic acids is 1. The molecule has 1 aromatic rings. The smallest absolute Gasteiger partial charge is 0.404 e. The number of rotatable bonds is 3. The van der Waals surface area contributed by atoms with Crippen molar-refractivity contribution >= 4 is 17.7 Å². The molecule has 98 valence electrons. The van der Waals surface area contributed by atoms with Crippen LogP contribution in [0, 0.1) is 0 Å². The number of nitrogens with zero attached hydrogens (tertiary/aromatic N) is 1. The fourth-order valence-electron chi connectivity index (χ4n) is 2.27. The molecular weight excluding hydrogens is 252 g/mol. The van der Waals surface area contributed by atoms with Crippen LogP contribution in [-0.4, -0.2) is 30.2 Å². The van der Waals surface area contributed by atoms with Gasteiger partial charge in [-0.3, -0.25) is 4.90 Å². The Labute approximate surface area is 112 Å². The molecule has 0 bridgehead atoms. The lowest BCUT2D eigenvalue weighted by Crippen LogP contribution is -2.40. The Balaban J connectivity index is 1.89. The van der Waals surface area contributed by atoms with Gasteiger partial charge in [0, 0.05) is 18.1 Å². The molecule has 0 radical (unpaired) electrons. The predicted octanol–water partition coefficient (Wildman–Crippen LogP) is 2.40. The molecule has 0 aliphatic carbocycles. The van der Waals surface area contributed by atoms with Gasteiger partial charge in [0.2, 0.25) is 0 Å². The van der Waals surface area contributed by atoms with Gasteiger partial charge < -0.3 is 10.5 Å². The molecule has 1 fully saturated rings. The van der Waals surface area contributed by atoms with Crippen molar-refractivity contribution in [1.29, 1.82) is 0 Å². The van der Waals surface area contributed by atoms with E-state index in [1.165, 1.54) is 5.56 Å². The van der Waals surface area contributed by atoms with E-state index in [1.54, 1.807) is 0 Å². The first-order valence-corrected chi connectivity index (χ1v) is 6.44. The third kappa shape index (κ3) is 3.89. The van der Waals surface area contributed by atoms with Crippen LogP contribution in [0.3, 0.4) is 0 Å². The summed E-state index contributed by atoms with van der Waals surface area (Å²) in [4.78, 5) is 13.0. The van der Waals surface area contributed by atoms with Gasteiger partial charge in [0.05, 0.1) is 0 Å². The molecule has 0 spiro atoms. The highest BCUT2D eigenvalue weighted by molar-refractivity contribution is 6.30. The number of benzene rings is 1. The Morgan fingerprint density at radius 2 is 2.17 bits per heavy atom. The minimum atomic E-state index is -0.687. The van der Waals surface area contributed by atoms with Crippen LogP contribution < -0.4 is 5.73 Å². The number of primary amides is 1. The fourth-order valence-corrected chi connectivity index (χ4v) is 2.39. The molecule has 1 saturated heterocycles. The number of halogens is 1. The number of likely N-dealkylation sites (tertiary alicyclic amines) is 1. The van der Waals surface area contributed by atoms with Crippen LogP contribution in [0.5, 0.6) is 0 Å². The monoisotopic (exact) mass is 268 g/mol. The van der Waals surface area contributed by atoms with E-state index in [4.69, 9.17) is 22.1 Å². The second-order valence-corrected chi connectivity index (χ2v) is 5.00. The van der Waals surface area contributed by atoms with Crippen molar-refractivity contribution in [2.75, 3.05) is 13.1 Å². The first-order chi connectivity index (χ1) is 8.63. The van der Waals surface area contributed by atoms with Crippen molar-refractivity contribution < 1.29 is 9.53 Å². The van der Waals surface area contributed by atoms with Gasteiger partial charge in [-0.15, -0.1) is 0 Å². The van der Waals surface area contributed by atoms with Crippen molar-refractivity contribution in [3.63, 3.8) is 0 Å². The summed E-state index contributed by atoms with van der Waals surface area (Å²) in [6.45, 7) is 2.60. The van der Waals surface area contributed by atoms with Crippen LogP contribution in [0.4, 0.5) is 4.79 Å². The normalized spacial score (nSPS) is 20.6. The second-order valence-electron chi connectivity index (χ2n) is 4.56. The quantitative estimate of drug-likeness (QED) is 0.916. The summed E-state index contributed by atoms with van der Waals surface area (Å²) in [5, 5.41) is 0.743. The molecule has 1 amide bonds. The Morgan fingerprint density at radius 3 is 2.83 bits per heavy atom. The predicted molar refractivity (Wildman–Crippen MR) is 70.4 cm³/mol. The molecule has 1 aliphatic rings. The van der Waals surface area contributed by atoms with Crippen molar-refractivity contribution in [3.05, 3.63) is 34.9 Å². The highest BCUT2D eigenvalue weighted by atomic mass is 35.5. The zero-order valence-corrected chi connectivity index (χ0v) is 10.9. The van der Waals surface area contributed by atoms with Crippen LogP contribution in [0.15, 0.2) is 24.3 Å². The molecule has 0 saturated carbocycles. The van der Waals surface area contributed by atoms with Gasteiger partial charge in [-0.2, -0.15) is 0 Å². The van der Waals surface area contributed by atoms with Gasteiger partial charge >= 0.3 is 6.09 Å². The molecule has 1 heterocycles. The summed E-state index contributed by atoms with van der Waals surface area (Å²) < 4.78 is 5.05. The molecular formula is C13H17ClN2O2. The van der Waals surface area contributed by atoms with E-state index in [2.05, 4.69) is 4.90 Å². The minimum Gasteiger partial charge on any atom is -0.445 e. The highest BCUT2D eigenvalue weighted by Gasteiger charge is 2.22. The summed E-state index contributed by atoms with van der Waals surface area (Å²) in [5.41, 5.74) is 6.25. The van der Waals surface area contributed by atoms with Gasteiger partial charge in [0.1, 0.15) is 6.10 Å². The third-order valence-electron chi connectivity index (χ3n) is 3.06. The van der Waals surface area contributed by atoms with E-state index < -0.39 is 6.09 Å². The SMILES string of the molecule is NC(=O)OC1CCCN(Cc2ccc(Cl)cc2)C1. The minimum absolute atomic E-state index is 0.0800. The molecule has 1 atom stereocenters. The molecule has 0 aromatic heterocycles. The Kier molecular flexibility index (Phi) is 4.44. The second kappa shape index (κ2) is 6.07. The average Bonchev–Trinajstić information content (AvgIpc) is 2.32. The maximum absolute atomic E-state index is 10.7. The van der Waals surface area contributed by atoms with E-state index >= 15 is 0 Å². The van der Waals surface area contributed by atoms with Crippen LogP contribution in [0.25, 0.3) is 0 Å². The average molecular weight is 269 g/mol. The molecule has 5 heteroatoms. The third-order valence-corrected chi connectivity index (χ3v) is 3.32. The van der Waals surface area contributed by atoms with Crippen LogP contribution in [0.2, 0.25) is 5.02 Å². The van der Waals surface area contributed by atoms with E-state index in [1.807, 2.05) is 24.3 Å². The van der Waals surface area contributed by atoms with Crippen LogP contribution >= 0.6 is 11.6 Å². The molecule has 18 heavy (non-hydrogen) atoms. The summed E-state index contributed by atoms with van der Waals surface area (Å²) in [5.74, 6) is 0. The summed E-state index contributed by atoms with van der Waals surface area (Å²) in [6, 6.07) is 7.80. The largest absolute Gasteiger partial charge is 0.445 e. The number of hydrogen-bond acceptors (Lipinski definition) is 3. The molecule has 1 aromatic carbocycles. The number of hydrogen-bond donors (Lipinski definition) is 1. The molecule has 2 N–H and O–H groups in total. The van der Waals surface area contributed by atoms with Crippen molar-refractivity contribution in [2.45, 2.75) is 25.5 Å². The van der Waals surface area contributed by atoms with Crippen LogP contribution in [0.1, 0.15) is 18.4 Å². The first-order valence-electron chi connectivity index (χ1n) is 6.06. The van der Waals surface area contributed by atoms with Gasteiger partial charge in [0.15, 0.2) is 0 Å². The van der Waals surface area contributed by atoms with E-state index in [9.17, 15) is 4.79 Å². The number of nitrogens with two attached hydrogens (primary N) is 1. The van der Waals surface area contributed by atoms with Gasteiger partial charge in [-0.05, 0) is 37.1 Å². The number of piperidine rings is 1. The van der Waals surface area contributed by atoms with Crippen LogP contribution in [-0.2, 0) is 11.3 Å². The molecule has 1 aliphatic heterocycles. The highest BCUT2D eigenvalue weighted by Crippen LogP contribution is 2.17. The first kappa shape index (κ1) is 13.2. The lowest BCUT2D eigenvalue weighted by atomic mass is 10.1. The van der Waals surface area contributed by atoms with E-state index in [0.29, 0.717) is 0 Å². The maximum atomic E-state index is 10.7. The molecule has 2 rings (SSSR count).